The molecular weight excluding hydrogens is 302 g/mol. The second-order valence-electron chi connectivity index (χ2n) is 8.91. The van der Waals surface area contributed by atoms with E-state index in [0.29, 0.717) is 17.8 Å². The van der Waals surface area contributed by atoms with Crippen LogP contribution < -0.4 is 5.32 Å². The largest absolute Gasteiger partial charge is 0.469 e. The van der Waals surface area contributed by atoms with Crippen molar-refractivity contribution in [3.63, 3.8) is 0 Å². The van der Waals surface area contributed by atoms with Crippen LogP contribution in [0.4, 0.5) is 0 Å². The van der Waals surface area contributed by atoms with E-state index in [9.17, 15) is 9.59 Å². The van der Waals surface area contributed by atoms with Gasteiger partial charge in [-0.3, -0.25) is 9.59 Å². The van der Waals surface area contributed by atoms with Gasteiger partial charge in [-0.1, -0.05) is 19.9 Å². The van der Waals surface area contributed by atoms with Crippen LogP contribution in [0.1, 0.15) is 52.4 Å². The minimum atomic E-state index is -0.0110. The van der Waals surface area contributed by atoms with Crippen LogP contribution in [0.25, 0.3) is 0 Å². The van der Waals surface area contributed by atoms with Gasteiger partial charge in [0.25, 0.3) is 0 Å². The number of nitrogens with one attached hydrogen (secondary N) is 1. The maximum Gasteiger partial charge on any atom is 0.309 e. The average Bonchev–Trinajstić information content (AvgIpc) is 2.92. The molecule has 1 unspecified atom stereocenters. The first kappa shape index (κ1) is 16.2. The fourth-order valence-corrected chi connectivity index (χ4v) is 6.86. The summed E-state index contributed by atoms with van der Waals surface area (Å²) in [6.07, 6.45) is 10.5. The van der Waals surface area contributed by atoms with E-state index in [2.05, 4.69) is 25.2 Å². The molecule has 3 aliphatic carbocycles. The molecule has 0 saturated heterocycles. The van der Waals surface area contributed by atoms with Crippen LogP contribution in [-0.2, 0) is 14.3 Å². The Labute approximate surface area is 144 Å². The molecule has 4 rings (SSSR count). The van der Waals surface area contributed by atoms with Gasteiger partial charge in [0.15, 0.2) is 0 Å². The smallest absolute Gasteiger partial charge is 0.309 e. The summed E-state index contributed by atoms with van der Waals surface area (Å²) in [5.41, 5.74) is 0.167. The second-order valence-corrected chi connectivity index (χ2v) is 8.91. The summed E-state index contributed by atoms with van der Waals surface area (Å²) in [5, 5.41) is 3.20. The first-order chi connectivity index (χ1) is 11.4. The van der Waals surface area contributed by atoms with Crippen molar-refractivity contribution >= 4 is 11.9 Å². The van der Waals surface area contributed by atoms with Crippen molar-refractivity contribution < 1.29 is 14.3 Å². The monoisotopic (exact) mass is 331 g/mol. The van der Waals surface area contributed by atoms with Gasteiger partial charge < -0.3 is 10.1 Å². The molecule has 0 radical (unpaired) electrons. The molecule has 24 heavy (non-hydrogen) atoms. The van der Waals surface area contributed by atoms with Gasteiger partial charge in [0.05, 0.1) is 13.0 Å². The number of fused-ring (bicyclic) bond motifs is 5. The zero-order chi connectivity index (χ0) is 17.1. The first-order valence-corrected chi connectivity index (χ1v) is 9.47. The molecule has 132 valence electrons. The van der Waals surface area contributed by atoms with Crippen LogP contribution >= 0.6 is 0 Å². The number of esters is 1. The van der Waals surface area contributed by atoms with E-state index in [-0.39, 0.29) is 34.7 Å². The topological polar surface area (TPSA) is 55.4 Å². The lowest BCUT2D eigenvalue weighted by atomic mass is 9.48. The van der Waals surface area contributed by atoms with E-state index < -0.39 is 0 Å². The van der Waals surface area contributed by atoms with E-state index in [1.54, 1.807) is 6.08 Å². The maximum atomic E-state index is 12.3. The highest BCUT2D eigenvalue weighted by Crippen LogP contribution is 2.65. The van der Waals surface area contributed by atoms with Crippen LogP contribution in [0, 0.1) is 34.5 Å². The molecular formula is C20H29NO3. The highest BCUT2D eigenvalue weighted by Gasteiger charge is 2.61. The zero-order valence-corrected chi connectivity index (χ0v) is 15.0. The second kappa shape index (κ2) is 5.34. The number of rotatable bonds is 1. The SMILES string of the molecule is COC(=O)[C@@H]1CC[C@@H]2[C@H]3CC[C@@H]4NC(=O)C=C[C@@]4(C)C3CC[C@]21C. The van der Waals surface area contributed by atoms with Crippen molar-refractivity contribution in [1.82, 2.24) is 5.32 Å². The van der Waals surface area contributed by atoms with Crippen molar-refractivity contribution in [2.75, 3.05) is 7.11 Å². The molecule has 7 atom stereocenters. The third-order valence-electron chi connectivity index (χ3n) is 8.17. The summed E-state index contributed by atoms with van der Waals surface area (Å²) in [6.45, 7) is 4.66. The Morgan fingerprint density at radius 1 is 1.17 bits per heavy atom. The van der Waals surface area contributed by atoms with Gasteiger partial charge in [-0.25, -0.2) is 0 Å². The molecule has 0 bridgehead atoms. The molecule has 0 spiro atoms. The summed E-state index contributed by atoms with van der Waals surface area (Å²) in [5.74, 6) is 2.01. The predicted octanol–water partition coefficient (Wildman–Crippen LogP) is 3.07. The summed E-state index contributed by atoms with van der Waals surface area (Å²) in [7, 11) is 1.52. The molecule has 1 N–H and O–H groups in total. The Balaban J connectivity index is 1.64. The number of amides is 1. The number of methoxy groups -OCH3 is 1. The Morgan fingerprint density at radius 3 is 2.71 bits per heavy atom. The number of carbonyl (C=O) groups excluding carboxylic acids is 2. The normalized spacial score (nSPS) is 49.6. The van der Waals surface area contributed by atoms with E-state index in [1.807, 2.05) is 0 Å². The van der Waals surface area contributed by atoms with Crippen LogP contribution in [0.2, 0.25) is 0 Å². The van der Waals surface area contributed by atoms with Crippen molar-refractivity contribution in [3.05, 3.63) is 12.2 Å². The van der Waals surface area contributed by atoms with Gasteiger partial charge in [0.2, 0.25) is 5.91 Å². The third kappa shape index (κ3) is 2.04. The summed E-state index contributed by atoms with van der Waals surface area (Å²) < 4.78 is 5.10. The van der Waals surface area contributed by atoms with E-state index >= 15 is 0 Å². The molecule has 4 heteroatoms. The van der Waals surface area contributed by atoms with Crippen LogP contribution in [0.5, 0.6) is 0 Å². The van der Waals surface area contributed by atoms with Crippen molar-refractivity contribution in [2.45, 2.75) is 58.4 Å². The summed E-state index contributed by atoms with van der Waals surface area (Å²) >= 11 is 0. The Morgan fingerprint density at radius 2 is 1.96 bits per heavy atom. The Hall–Kier alpha value is -1.32. The minimum Gasteiger partial charge on any atom is -0.469 e. The Kier molecular flexibility index (Phi) is 3.59. The van der Waals surface area contributed by atoms with E-state index in [0.717, 1.165) is 32.1 Å². The molecule has 3 fully saturated rings. The van der Waals surface area contributed by atoms with Crippen molar-refractivity contribution in [1.29, 1.82) is 0 Å². The lowest BCUT2D eigenvalue weighted by Crippen LogP contribution is -2.59. The van der Waals surface area contributed by atoms with Gasteiger partial charge >= 0.3 is 5.97 Å². The molecule has 1 amide bonds. The molecule has 0 aromatic carbocycles. The van der Waals surface area contributed by atoms with Gasteiger partial charge in [-0.15, -0.1) is 0 Å². The Bertz CT molecular complexity index is 600. The van der Waals surface area contributed by atoms with Gasteiger partial charge in [-0.05, 0) is 67.8 Å². The van der Waals surface area contributed by atoms with Crippen molar-refractivity contribution in [2.24, 2.45) is 34.5 Å². The summed E-state index contributed by atoms with van der Waals surface area (Å²) in [4.78, 5) is 24.0. The quantitative estimate of drug-likeness (QED) is 0.751. The van der Waals surface area contributed by atoms with E-state index in [1.165, 1.54) is 13.5 Å². The van der Waals surface area contributed by atoms with Crippen LogP contribution in [0.3, 0.4) is 0 Å². The average molecular weight is 331 g/mol. The molecule has 0 aromatic rings. The standard InChI is InChI=1S/C20H29NO3/c1-19-10-8-14-12(13(19)5-6-15(19)18(23)24-3)4-7-16-20(14,2)11-9-17(22)21-16/h9,11-16H,4-8,10H2,1-3H3,(H,21,22)/t12-,13-,14?,15+,16+,19-,20+/m1/s1. The lowest BCUT2D eigenvalue weighted by molar-refractivity contribution is -0.153. The third-order valence-corrected chi connectivity index (χ3v) is 8.17. The first-order valence-electron chi connectivity index (χ1n) is 9.47. The number of hydrogen-bond donors (Lipinski definition) is 1. The fraction of sp³-hybridized carbons (Fsp3) is 0.800. The molecule has 4 nitrogen and oxygen atoms in total. The number of ether oxygens (including phenoxy) is 1. The molecule has 1 heterocycles. The summed E-state index contributed by atoms with van der Waals surface area (Å²) in [6, 6.07) is 0.276. The predicted molar refractivity (Wildman–Crippen MR) is 91.0 cm³/mol. The molecule has 1 aliphatic heterocycles. The molecule has 3 saturated carbocycles. The molecule has 4 aliphatic rings. The minimum absolute atomic E-state index is 0.0110. The lowest BCUT2D eigenvalue weighted by Gasteiger charge is -2.58. The van der Waals surface area contributed by atoms with Gasteiger partial charge in [0.1, 0.15) is 0 Å². The number of hydrogen-bond acceptors (Lipinski definition) is 3. The number of carbonyl (C=O) groups is 2. The highest BCUT2D eigenvalue weighted by molar-refractivity contribution is 5.89. The van der Waals surface area contributed by atoms with Crippen LogP contribution in [-0.4, -0.2) is 25.0 Å². The highest BCUT2D eigenvalue weighted by atomic mass is 16.5. The van der Waals surface area contributed by atoms with Crippen LogP contribution in [0.15, 0.2) is 12.2 Å². The fourth-order valence-electron chi connectivity index (χ4n) is 6.86. The van der Waals surface area contributed by atoms with Gasteiger partial charge in [-0.2, -0.15) is 0 Å². The van der Waals surface area contributed by atoms with Crippen molar-refractivity contribution in [3.8, 4) is 0 Å². The maximum absolute atomic E-state index is 12.3. The molecule has 0 aromatic heterocycles. The van der Waals surface area contributed by atoms with Gasteiger partial charge in [0, 0.05) is 11.5 Å². The van der Waals surface area contributed by atoms with E-state index in [4.69, 9.17) is 4.74 Å². The zero-order valence-electron chi connectivity index (χ0n) is 15.0.